The quantitative estimate of drug-likeness (QED) is 0.285. The summed E-state index contributed by atoms with van der Waals surface area (Å²) in [5.74, 6) is 0.821. The van der Waals surface area contributed by atoms with Crippen LogP contribution in [-0.4, -0.2) is 16.0 Å². The van der Waals surface area contributed by atoms with Crippen LogP contribution in [0.5, 0.6) is 0 Å². The fourth-order valence-corrected chi connectivity index (χ4v) is 5.57. The van der Waals surface area contributed by atoms with E-state index in [1.54, 1.807) is 35.9 Å². The molecule has 9 heteroatoms. The standard InChI is InChI=1S/C23H19Cl2N5OS/c24-16-5-3-6-17(25)20(16)30-23(31)29-14-10-8-13(9-11-14)28-21-19-15-4-1-2-7-18(15)32-22(19)27-12-26-21/h3,5-6,8-12H,1-2,4,7H2,(H,26,27,28)(H2,29,30,31). The van der Waals surface area contributed by atoms with Crippen LogP contribution in [0.3, 0.4) is 0 Å². The summed E-state index contributed by atoms with van der Waals surface area (Å²) in [6.07, 6.45) is 6.24. The van der Waals surface area contributed by atoms with Gasteiger partial charge in [0.1, 0.15) is 17.0 Å². The molecular formula is C23H19Cl2N5OS. The molecule has 0 spiro atoms. The largest absolute Gasteiger partial charge is 0.340 e. The molecule has 0 bridgehead atoms. The Balaban J connectivity index is 1.30. The number of amides is 2. The van der Waals surface area contributed by atoms with Crippen molar-refractivity contribution in [1.29, 1.82) is 0 Å². The van der Waals surface area contributed by atoms with Gasteiger partial charge in [0.15, 0.2) is 0 Å². The minimum Gasteiger partial charge on any atom is -0.340 e. The number of fused-ring (bicyclic) bond motifs is 3. The normalized spacial score (nSPS) is 12.9. The van der Waals surface area contributed by atoms with Gasteiger partial charge in [-0.3, -0.25) is 0 Å². The van der Waals surface area contributed by atoms with E-state index < -0.39 is 6.03 Å². The van der Waals surface area contributed by atoms with Crippen LogP contribution in [0.15, 0.2) is 48.8 Å². The maximum absolute atomic E-state index is 12.3. The number of urea groups is 1. The highest BCUT2D eigenvalue weighted by molar-refractivity contribution is 7.19. The Morgan fingerprint density at radius 2 is 1.62 bits per heavy atom. The molecule has 0 saturated carbocycles. The van der Waals surface area contributed by atoms with Crippen molar-refractivity contribution in [3.63, 3.8) is 0 Å². The van der Waals surface area contributed by atoms with Gasteiger partial charge in [-0.1, -0.05) is 29.3 Å². The highest BCUT2D eigenvalue weighted by Gasteiger charge is 2.20. The molecule has 0 unspecified atom stereocenters. The van der Waals surface area contributed by atoms with Gasteiger partial charge in [0, 0.05) is 16.3 Å². The van der Waals surface area contributed by atoms with Crippen molar-refractivity contribution >= 4 is 73.7 Å². The van der Waals surface area contributed by atoms with Gasteiger partial charge in [-0.25, -0.2) is 14.8 Å². The minimum absolute atomic E-state index is 0.374. The number of carbonyl (C=O) groups is 1. The van der Waals surface area contributed by atoms with Crippen molar-refractivity contribution in [2.45, 2.75) is 25.7 Å². The number of rotatable bonds is 4. The van der Waals surface area contributed by atoms with Crippen LogP contribution in [0.4, 0.5) is 27.7 Å². The third-order valence-corrected chi connectivity index (χ3v) is 7.19. The Hall–Kier alpha value is -2.87. The summed E-state index contributed by atoms with van der Waals surface area (Å²) in [5, 5.41) is 10.8. The zero-order chi connectivity index (χ0) is 22.1. The maximum Gasteiger partial charge on any atom is 0.323 e. The summed E-state index contributed by atoms with van der Waals surface area (Å²) in [7, 11) is 0. The molecule has 5 rings (SSSR count). The van der Waals surface area contributed by atoms with E-state index in [0.29, 0.717) is 21.4 Å². The van der Waals surface area contributed by atoms with Gasteiger partial charge >= 0.3 is 6.03 Å². The molecule has 2 amide bonds. The number of hydrogen-bond acceptors (Lipinski definition) is 5. The van der Waals surface area contributed by atoms with Crippen LogP contribution >= 0.6 is 34.5 Å². The molecule has 0 aliphatic heterocycles. The summed E-state index contributed by atoms with van der Waals surface area (Å²) in [6, 6.07) is 12.0. The summed E-state index contributed by atoms with van der Waals surface area (Å²) < 4.78 is 0. The highest BCUT2D eigenvalue weighted by Crippen LogP contribution is 2.39. The predicted molar refractivity (Wildman–Crippen MR) is 133 cm³/mol. The Morgan fingerprint density at radius 3 is 2.41 bits per heavy atom. The van der Waals surface area contributed by atoms with Crippen LogP contribution in [0.25, 0.3) is 10.2 Å². The van der Waals surface area contributed by atoms with Crippen LogP contribution in [-0.2, 0) is 12.8 Å². The van der Waals surface area contributed by atoms with Crippen molar-refractivity contribution in [3.05, 3.63) is 69.3 Å². The number of thiophene rings is 1. The third-order valence-electron chi connectivity index (χ3n) is 5.36. The Bertz CT molecular complexity index is 1290. The molecule has 1 aliphatic carbocycles. The first-order valence-corrected chi connectivity index (χ1v) is 11.8. The van der Waals surface area contributed by atoms with Gasteiger partial charge in [0.05, 0.1) is 21.1 Å². The molecule has 0 radical (unpaired) electrons. The number of nitrogens with zero attached hydrogens (tertiary/aromatic N) is 2. The van der Waals surface area contributed by atoms with Crippen LogP contribution in [0.1, 0.15) is 23.3 Å². The Morgan fingerprint density at radius 1 is 0.906 bits per heavy atom. The van der Waals surface area contributed by atoms with E-state index in [1.807, 2.05) is 24.3 Å². The molecule has 162 valence electrons. The Kier molecular flexibility index (Phi) is 5.87. The van der Waals surface area contributed by atoms with Crippen molar-refractivity contribution in [1.82, 2.24) is 9.97 Å². The molecular weight excluding hydrogens is 465 g/mol. The van der Waals surface area contributed by atoms with Gasteiger partial charge < -0.3 is 16.0 Å². The molecule has 0 atom stereocenters. The zero-order valence-corrected chi connectivity index (χ0v) is 19.2. The average Bonchev–Trinajstić information content (AvgIpc) is 3.17. The number of nitrogens with one attached hydrogen (secondary N) is 3. The number of aryl methyl sites for hydroxylation is 2. The molecule has 0 fully saturated rings. The summed E-state index contributed by atoms with van der Waals surface area (Å²) in [5.41, 5.74) is 3.27. The maximum atomic E-state index is 12.3. The molecule has 3 N–H and O–H groups in total. The van der Waals surface area contributed by atoms with Gasteiger partial charge in [-0.15, -0.1) is 11.3 Å². The van der Waals surface area contributed by atoms with Crippen molar-refractivity contribution < 1.29 is 4.79 Å². The van der Waals surface area contributed by atoms with Gasteiger partial charge in [-0.2, -0.15) is 0 Å². The highest BCUT2D eigenvalue weighted by atomic mass is 35.5. The predicted octanol–water partition coefficient (Wildman–Crippen LogP) is 7.26. The number of benzene rings is 2. The fraction of sp³-hybridized carbons (Fsp3) is 0.174. The summed E-state index contributed by atoms with van der Waals surface area (Å²) in [6.45, 7) is 0. The second kappa shape index (κ2) is 8.94. The first-order valence-electron chi connectivity index (χ1n) is 10.2. The smallest absolute Gasteiger partial charge is 0.323 e. The summed E-state index contributed by atoms with van der Waals surface area (Å²) in [4.78, 5) is 23.8. The van der Waals surface area contributed by atoms with Gasteiger partial charge in [0.2, 0.25) is 0 Å². The Labute approximate surface area is 199 Å². The molecule has 1 aliphatic rings. The van der Waals surface area contributed by atoms with Crippen molar-refractivity contribution in [2.75, 3.05) is 16.0 Å². The van der Waals surface area contributed by atoms with E-state index in [9.17, 15) is 4.79 Å². The van der Waals surface area contributed by atoms with Crippen LogP contribution in [0, 0.1) is 0 Å². The van der Waals surface area contributed by atoms with Gasteiger partial charge in [0.25, 0.3) is 0 Å². The lowest BCUT2D eigenvalue weighted by atomic mass is 9.97. The van der Waals surface area contributed by atoms with E-state index in [-0.39, 0.29) is 0 Å². The van der Waals surface area contributed by atoms with E-state index in [1.165, 1.54) is 23.3 Å². The first kappa shape index (κ1) is 21.0. The number of hydrogen-bond donors (Lipinski definition) is 3. The number of halogens is 2. The first-order chi connectivity index (χ1) is 15.6. The van der Waals surface area contributed by atoms with Crippen LogP contribution < -0.4 is 16.0 Å². The van der Waals surface area contributed by atoms with E-state index >= 15 is 0 Å². The van der Waals surface area contributed by atoms with E-state index in [4.69, 9.17) is 23.2 Å². The fourth-order valence-electron chi connectivity index (χ4n) is 3.85. The molecule has 2 aromatic carbocycles. The van der Waals surface area contributed by atoms with Crippen LogP contribution in [0.2, 0.25) is 10.0 Å². The van der Waals surface area contributed by atoms with E-state index in [0.717, 1.165) is 34.6 Å². The lowest BCUT2D eigenvalue weighted by molar-refractivity contribution is 0.262. The number of aromatic nitrogens is 2. The number of carbonyl (C=O) groups excluding carboxylic acids is 1. The number of anilines is 4. The molecule has 4 aromatic rings. The molecule has 6 nitrogen and oxygen atoms in total. The van der Waals surface area contributed by atoms with Crippen molar-refractivity contribution in [2.24, 2.45) is 0 Å². The van der Waals surface area contributed by atoms with E-state index in [2.05, 4.69) is 25.9 Å². The monoisotopic (exact) mass is 483 g/mol. The molecule has 0 saturated heterocycles. The zero-order valence-electron chi connectivity index (χ0n) is 16.9. The molecule has 2 aromatic heterocycles. The number of para-hydroxylation sites is 1. The topological polar surface area (TPSA) is 78.9 Å². The third kappa shape index (κ3) is 4.24. The van der Waals surface area contributed by atoms with Gasteiger partial charge in [-0.05, 0) is 67.6 Å². The lowest BCUT2D eigenvalue weighted by Crippen LogP contribution is -2.19. The van der Waals surface area contributed by atoms with Crippen molar-refractivity contribution in [3.8, 4) is 0 Å². The SMILES string of the molecule is O=C(Nc1ccc(Nc2ncnc3sc4c(c23)CCCC4)cc1)Nc1c(Cl)cccc1Cl. The average molecular weight is 484 g/mol. The second-order valence-electron chi connectivity index (χ2n) is 7.49. The molecule has 32 heavy (non-hydrogen) atoms. The summed E-state index contributed by atoms with van der Waals surface area (Å²) >= 11 is 14.0. The lowest BCUT2D eigenvalue weighted by Gasteiger charge is -2.13. The second-order valence-corrected chi connectivity index (χ2v) is 9.39. The minimum atomic E-state index is -0.428. The molecule has 2 heterocycles.